The number of benzene rings is 1. The molecule has 0 saturated heterocycles. The van der Waals surface area contributed by atoms with Crippen LogP contribution in [0.15, 0.2) is 23.2 Å². The number of fused-ring (bicyclic) bond motifs is 1. The van der Waals surface area contributed by atoms with Crippen LogP contribution in [0.4, 0.5) is 10.1 Å². The fourth-order valence-corrected chi connectivity index (χ4v) is 2.19. The molecule has 1 heterocycles. The Bertz CT molecular complexity index is 521. The summed E-state index contributed by atoms with van der Waals surface area (Å²) in [7, 11) is 0. The van der Waals surface area contributed by atoms with Gasteiger partial charge in [0, 0.05) is 23.7 Å². The summed E-state index contributed by atoms with van der Waals surface area (Å²) in [5, 5.41) is 3.07. The zero-order chi connectivity index (χ0) is 12.5. The molecular formula is C14H15FN2O. The molecular weight excluding hydrogens is 231 g/mol. The first kappa shape index (κ1) is 11.4. The molecule has 0 atom stereocenters. The standard InChI is InChI=1S/C14H15FN2O/c15-14-12-7-11(4-3-9(12)5-6-16-14)17-8-13(18)10-1-2-10/h3-4,7,10,17H,1-2,5-6,8H2. The lowest BCUT2D eigenvalue weighted by atomic mass is 10.0. The van der Waals surface area contributed by atoms with E-state index in [1.807, 2.05) is 12.1 Å². The Hall–Kier alpha value is -1.71. The molecule has 1 aliphatic heterocycles. The Morgan fingerprint density at radius 3 is 3.06 bits per heavy atom. The first-order valence-electron chi connectivity index (χ1n) is 6.34. The number of rotatable bonds is 4. The van der Waals surface area contributed by atoms with E-state index in [4.69, 9.17) is 0 Å². The quantitative estimate of drug-likeness (QED) is 0.886. The minimum absolute atomic E-state index is 0.252. The molecule has 0 radical (unpaired) electrons. The molecule has 1 saturated carbocycles. The van der Waals surface area contributed by atoms with E-state index < -0.39 is 5.97 Å². The van der Waals surface area contributed by atoms with Crippen LogP contribution >= 0.6 is 0 Å². The van der Waals surface area contributed by atoms with Gasteiger partial charge in [0.25, 0.3) is 0 Å². The van der Waals surface area contributed by atoms with Crippen LogP contribution in [0.5, 0.6) is 0 Å². The third-order valence-electron chi connectivity index (χ3n) is 3.46. The van der Waals surface area contributed by atoms with Crippen molar-refractivity contribution in [1.82, 2.24) is 0 Å². The molecule has 1 aromatic rings. The fourth-order valence-electron chi connectivity index (χ4n) is 2.19. The van der Waals surface area contributed by atoms with Gasteiger partial charge in [0.1, 0.15) is 0 Å². The van der Waals surface area contributed by atoms with Crippen LogP contribution in [-0.4, -0.2) is 24.8 Å². The summed E-state index contributed by atoms with van der Waals surface area (Å²) >= 11 is 0. The average molecular weight is 246 g/mol. The van der Waals surface area contributed by atoms with Gasteiger partial charge in [-0.2, -0.15) is 4.39 Å². The molecule has 1 aliphatic carbocycles. The molecule has 0 spiro atoms. The maximum Gasteiger partial charge on any atom is 0.215 e. The van der Waals surface area contributed by atoms with Crippen molar-refractivity contribution in [1.29, 1.82) is 0 Å². The number of hydrogen-bond acceptors (Lipinski definition) is 3. The average Bonchev–Trinajstić information content (AvgIpc) is 3.21. The zero-order valence-corrected chi connectivity index (χ0v) is 10.1. The van der Waals surface area contributed by atoms with Gasteiger partial charge in [0.2, 0.25) is 5.97 Å². The van der Waals surface area contributed by atoms with Gasteiger partial charge in [-0.3, -0.25) is 9.79 Å². The fraction of sp³-hybridized carbons (Fsp3) is 0.429. The van der Waals surface area contributed by atoms with Crippen LogP contribution in [-0.2, 0) is 11.2 Å². The third kappa shape index (κ3) is 2.28. The van der Waals surface area contributed by atoms with Gasteiger partial charge in [0.15, 0.2) is 5.78 Å². The van der Waals surface area contributed by atoms with Gasteiger partial charge in [0.05, 0.1) is 6.54 Å². The number of carbonyl (C=O) groups is 1. The molecule has 18 heavy (non-hydrogen) atoms. The molecule has 3 rings (SSSR count). The SMILES string of the molecule is O=C(CNc1ccc2c(c1)C(F)=NCC2)C1CC1. The van der Waals surface area contributed by atoms with Crippen LogP contribution in [0.25, 0.3) is 0 Å². The first-order chi connectivity index (χ1) is 8.74. The second kappa shape index (κ2) is 4.52. The predicted molar refractivity (Wildman–Crippen MR) is 68.9 cm³/mol. The van der Waals surface area contributed by atoms with E-state index in [0.29, 0.717) is 18.7 Å². The van der Waals surface area contributed by atoms with Crippen molar-refractivity contribution in [3.8, 4) is 0 Å². The first-order valence-corrected chi connectivity index (χ1v) is 6.34. The predicted octanol–water partition coefficient (Wildman–Crippen LogP) is 2.35. The van der Waals surface area contributed by atoms with Gasteiger partial charge < -0.3 is 5.32 Å². The highest BCUT2D eigenvalue weighted by atomic mass is 19.1. The summed E-state index contributed by atoms with van der Waals surface area (Å²) in [6.45, 7) is 0.855. The Labute approximate surface area is 105 Å². The van der Waals surface area contributed by atoms with Crippen molar-refractivity contribution in [2.75, 3.05) is 18.4 Å². The Morgan fingerprint density at radius 2 is 2.28 bits per heavy atom. The normalized spacial score (nSPS) is 17.9. The minimum Gasteiger partial charge on any atom is -0.378 e. The molecule has 1 N–H and O–H groups in total. The van der Waals surface area contributed by atoms with Crippen LogP contribution in [0.3, 0.4) is 0 Å². The Balaban J connectivity index is 1.72. The highest BCUT2D eigenvalue weighted by Crippen LogP contribution is 2.30. The van der Waals surface area contributed by atoms with E-state index in [2.05, 4.69) is 10.3 Å². The van der Waals surface area contributed by atoms with E-state index in [9.17, 15) is 9.18 Å². The van der Waals surface area contributed by atoms with Crippen molar-refractivity contribution >= 4 is 17.4 Å². The van der Waals surface area contributed by atoms with E-state index in [1.54, 1.807) is 6.07 Å². The monoisotopic (exact) mass is 246 g/mol. The number of halogens is 1. The Kier molecular flexibility index (Phi) is 2.86. The van der Waals surface area contributed by atoms with Gasteiger partial charge in [-0.25, -0.2) is 0 Å². The lowest BCUT2D eigenvalue weighted by Crippen LogP contribution is -2.16. The maximum atomic E-state index is 13.5. The molecule has 4 heteroatoms. The Morgan fingerprint density at radius 1 is 1.44 bits per heavy atom. The van der Waals surface area contributed by atoms with Crippen LogP contribution < -0.4 is 5.32 Å². The number of ketones is 1. The summed E-state index contributed by atoms with van der Waals surface area (Å²) in [4.78, 5) is 15.4. The summed E-state index contributed by atoms with van der Waals surface area (Å²) in [6, 6.07) is 5.55. The zero-order valence-electron chi connectivity index (χ0n) is 10.1. The minimum atomic E-state index is -0.395. The molecule has 0 bridgehead atoms. The molecule has 3 nitrogen and oxygen atoms in total. The number of Topliss-reactive ketones (excluding diaryl/α,β-unsaturated/α-hetero) is 1. The molecule has 0 unspecified atom stereocenters. The molecule has 0 amide bonds. The van der Waals surface area contributed by atoms with Crippen molar-refractivity contribution in [3.05, 3.63) is 29.3 Å². The van der Waals surface area contributed by atoms with Gasteiger partial charge in [-0.1, -0.05) is 6.07 Å². The van der Waals surface area contributed by atoms with Crippen LogP contribution in [0.1, 0.15) is 24.0 Å². The number of aliphatic imine (C=N–C) groups is 1. The smallest absolute Gasteiger partial charge is 0.215 e. The van der Waals surface area contributed by atoms with Crippen molar-refractivity contribution in [3.63, 3.8) is 0 Å². The van der Waals surface area contributed by atoms with Crippen molar-refractivity contribution in [2.45, 2.75) is 19.3 Å². The molecule has 0 aromatic heterocycles. The highest BCUT2D eigenvalue weighted by molar-refractivity contribution is 5.96. The highest BCUT2D eigenvalue weighted by Gasteiger charge is 2.28. The number of carbonyl (C=O) groups excluding carboxylic acids is 1. The number of nitrogens with zero attached hydrogens (tertiary/aromatic N) is 1. The largest absolute Gasteiger partial charge is 0.378 e. The third-order valence-corrected chi connectivity index (χ3v) is 3.46. The molecule has 94 valence electrons. The molecule has 1 fully saturated rings. The van der Waals surface area contributed by atoms with E-state index in [0.717, 1.165) is 30.5 Å². The lowest BCUT2D eigenvalue weighted by Gasteiger charge is -2.14. The number of nitrogens with one attached hydrogen (secondary N) is 1. The van der Waals surface area contributed by atoms with Gasteiger partial charge in [-0.05, 0) is 37.0 Å². The molecule has 2 aliphatic rings. The summed E-state index contributed by atoms with van der Waals surface area (Å²) < 4.78 is 13.5. The van der Waals surface area contributed by atoms with Crippen molar-refractivity contribution < 1.29 is 9.18 Å². The van der Waals surface area contributed by atoms with Gasteiger partial charge in [-0.15, -0.1) is 0 Å². The van der Waals surface area contributed by atoms with Gasteiger partial charge >= 0.3 is 0 Å². The van der Waals surface area contributed by atoms with E-state index in [1.165, 1.54) is 0 Å². The topological polar surface area (TPSA) is 41.5 Å². The second-order valence-electron chi connectivity index (χ2n) is 4.89. The maximum absolute atomic E-state index is 13.5. The number of hydrogen-bond donors (Lipinski definition) is 1. The van der Waals surface area contributed by atoms with E-state index >= 15 is 0 Å². The van der Waals surface area contributed by atoms with E-state index in [-0.39, 0.29) is 11.7 Å². The second-order valence-corrected chi connectivity index (χ2v) is 4.89. The molecule has 1 aromatic carbocycles. The lowest BCUT2D eigenvalue weighted by molar-refractivity contribution is -0.118. The van der Waals surface area contributed by atoms with Crippen molar-refractivity contribution in [2.24, 2.45) is 10.9 Å². The summed E-state index contributed by atoms with van der Waals surface area (Å²) in [5.41, 5.74) is 2.33. The van der Waals surface area contributed by atoms with Crippen LogP contribution in [0, 0.1) is 5.92 Å². The summed E-state index contributed by atoms with van der Waals surface area (Å²) in [5.74, 6) is 0.115. The summed E-state index contributed by atoms with van der Waals surface area (Å²) in [6.07, 6.45) is 2.82. The van der Waals surface area contributed by atoms with Crippen LogP contribution in [0.2, 0.25) is 0 Å². The number of anilines is 1.